The zero-order valence-electron chi connectivity index (χ0n) is 13.9. The van der Waals surface area contributed by atoms with Crippen molar-refractivity contribution in [2.75, 3.05) is 4.90 Å². The number of aliphatic imine (C=N–C) groups is 1. The normalized spacial score (nSPS) is 17.9. The van der Waals surface area contributed by atoms with Gasteiger partial charge in [0.2, 0.25) is 5.91 Å². The molecule has 1 aliphatic rings. The summed E-state index contributed by atoms with van der Waals surface area (Å²) in [6.45, 7) is 0. The Labute approximate surface area is 170 Å². The Balaban J connectivity index is 1.91. The highest BCUT2D eigenvalue weighted by Gasteiger charge is 2.41. The standard InChI is InChI=1S/C18H11F3IN3O3/c19-18(20,21)10-2-1-3-13(8-10)25-16(27)14(15(26)24-17(25)28)9-23-12-6-4-11(22)5-7-12/h1-9,14H,(H,24,26,28)/t14-/m1/s1. The topological polar surface area (TPSA) is 78.8 Å². The van der Waals surface area contributed by atoms with Gasteiger partial charge in [-0.2, -0.15) is 13.2 Å². The number of halogens is 4. The van der Waals surface area contributed by atoms with E-state index in [1.54, 1.807) is 24.3 Å². The predicted molar refractivity (Wildman–Crippen MR) is 103 cm³/mol. The van der Waals surface area contributed by atoms with Crippen LogP contribution in [0.5, 0.6) is 0 Å². The van der Waals surface area contributed by atoms with Crippen molar-refractivity contribution in [2.45, 2.75) is 6.18 Å². The molecule has 0 bridgehead atoms. The van der Waals surface area contributed by atoms with Gasteiger partial charge in [-0.3, -0.25) is 19.9 Å². The monoisotopic (exact) mass is 501 g/mol. The van der Waals surface area contributed by atoms with Gasteiger partial charge in [0.05, 0.1) is 16.9 Å². The Morgan fingerprint density at radius 3 is 2.39 bits per heavy atom. The van der Waals surface area contributed by atoms with Gasteiger partial charge in [-0.05, 0) is 65.1 Å². The van der Waals surface area contributed by atoms with Crippen LogP contribution in [-0.4, -0.2) is 24.1 Å². The van der Waals surface area contributed by atoms with Crippen LogP contribution in [0.4, 0.5) is 29.3 Å². The fourth-order valence-corrected chi connectivity index (χ4v) is 2.83. The van der Waals surface area contributed by atoms with Crippen LogP contribution in [-0.2, 0) is 15.8 Å². The maximum atomic E-state index is 12.9. The Morgan fingerprint density at radius 2 is 1.75 bits per heavy atom. The minimum absolute atomic E-state index is 0.294. The summed E-state index contributed by atoms with van der Waals surface area (Å²) in [5.74, 6) is -3.33. The van der Waals surface area contributed by atoms with Gasteiger partial charge in [0.25, 0.3) is 5.91 Å². The van der Waals surface area contributed by atoms with Crippen molar-refractivity contribution in [3.8, 4) is 0 Å². The Kier molecular flexibility index (Phi) is 5.49. The maximum absolute atomic E-state index is 12.9. The van der Waals surface area contributed by atoms with Gasteiger partial charge in [0.1, 0.15) is 0 Å². The minimum Gasteiger partial charge on any atom is -0.276 e. The van der Waals surface area contributed by atoms with E-state index >= 15 is 0 Å². The molecule has 0 aliphatic carbocycles. The molecule has 1 N–H and O–H groups in total. The van der Waals surface area contributed by atoms with Gasteiger partial charge in [0, 0.05) is 9.78 Å². The Hall–Kier alpha value is -2.76. The lowest BCUT2D eigenvalue weighted by atomic mass is 10.1. The van der Waals surface area contributed by atoms with Crippen LogP contribution in [0.2, 0.25) is 0 Å². The number of benzene rings is 2. The number of alkyl halides is 3. The third-order valence-electron chi connectivity index (χ3n) is 3.83. The number of carbonyl (C=O) groups excluding carboxylic acids is 3. The summed E-state index contributed by atoms with van der Waals surface area (Å²) >= 11 is 2.10. The summed E-state index contributed by atoms with van der Waals surface area (Å²) in [4.78, 5) is 41.3. The Morgan fingerprint density at radius 1 is 1.07 bits per heavy atom. The minimum atomic E-state index is -4.65. The van der Waals surface area contributed by atoms with Gasteiger partial charge in [-0.1, -0.05) is 6.07 Å². The van der Waals surface area contributed by atoms with Crippen LogP contribution >= 0.6 is 22.6 Å². The van der Waals surface area contributed by atoms with Crippen molar-refractivity contribution in [3.63, 3.8) is 0 Å². The Bertz CT molecular complexity index is 974. The second-order valence-corrected chi connectivity index (χ2v) is 6.99. The molecule has 1 fully saturated rings. The number of barbiturate groups is 1. The first kappa shape index (κ1) is 20.0. The lowest BCUT2D eigenvalue weighted by molar-refractivity contribution is -0.138. The fraction of sp³-hybridized carbons (Fsp3) is 0.111. The van der Waals surface area contributed by atoms with Crippen molar-refractivity contribution >= 4 is 58.0 Å². The van der Waals surface area contributed by atoms with Gasteiger partial charge < -0.3 is 0 Å². The second-order valence-electron chi connectivity index (χ2n) is 5.75. The fourth-order valence-electron chi connectivity index (χ4n) is 2.48. The SMILES string of the molecule is O=C1NC(=O)N(c2cccc(C(F)(F)F)c2)C(=O)[C@@H]1C=Nc1ccc(I)cc1. The molecule has 0 spiro atoms. The molecular weight excluding hydrogens is 490 g/mol. The number of rotatable bonds is 3. The lowest BCUT2D eigenvalue weighted by Gasteiger charge is -2.28. The highest BCUT2D eigenvalue weighted by atomic mass is 127. The number of anilines is 1. The summed E-state index contributed by atoms with van der Waals surface area (Å²) in [6.07, 6.45) is -3.58. The first-order valence-corrected chi connectivity index (χ1v) is 8.90. The molecule has 0 aromatic heterocycles. The molecule has 1 atom stereocenters. The van der Waals surface area contributed by atoms with Crippen LogP contribution in [0.25, 0.3) is 0 Å². The van der Waals surface area contributed by atoms with Gasteiger partial charge in [-0.15, -0.1) is 0 Å². The number of hydrogen-bond acceptors (Lipinski definition) is 4. The van der Waals surface area contributed by atoms with E-state index < -0.39 is 35.5 Å². The molecule has 0 radical (unpaired) electrons. The molecule has 1 saturated heterocycles. The van der Waals surface area contributed by atoms with Crippen LogP contribution in [0.1, 0.15) is 5.56 Å². The highest BCUT2D eigenvalue weighted by Crippen LogP contribution is 2.32. The summed E-state index contributed by atoms with van der Waals surface area (Å²) in [7, 11) is 0. The number of imide groups is 2. The third-order valence-corrected chi connectivity index (χ3v) is 4.55. The molecule has 3 rings (SSSR count). The molecular formula is C18H11F3IN3O3. The van der Waals surface area contributed by atoms with E-state index in [4.69, 9.17) is 0 Å². The molecule has 1 aliphatic heterocycles. The predicted octanol–water partition coefficient (Wildman–Crippen LogP) is 3.91. The molecule has 1 heterocycles. The molecule has 4 amide bonds. The largest absolute Gasteiger partial charge is 0.416 e. The molecule has 0 saturated carbocycles. The smallest absolute Gasteiger partial charge is 0.276 e. The molecule has 2 aromatic rings. The summed E-state index contributed by atoms with van der Waals surface area (Å²) in [6, 6.07) is 9.49. The quantitative estimate of drug-likeness (QED) is 0.394. The second kappa shape index (κ2) is 7.70. The average molecular weight is 501 g/mol. The van der Waals surface area contributed by atoms with Crippen molar-refractivity contribution in [1.82, 2.24) is 5.32 Å². The maximum Gasteiger partial charge on any atom is 0.416 e. The van der Waals surface area contributed by atoms with Crippen LogP contribution in [0, 0.1) is 9.49 Å². The molecule has 28 heavy (non-hydrogen) atoms. The van der Waals surface area contributed by atoms with Crippen molar-refractivity contribution in [1.29, 1.82) is 0 Å². The van der Waals surface area contributed by atoms with Crippen molar-refractivity contribution in [3.05, 3.63) is 57.7 Å². The van der Waals surface area contributed by atoms with Crippen molar-refractivity contribution < 1.29 is 27.6 Å². The van der Waals surface area contributed by atoms with Gasteiger partial charge >= 0.3 is 12.2 Å². The van der Waals surface area contributed by atoms with E-state index in [1.807, 2.05) is 5.32 Å². The molecule has 10 heteroatoms. The molecule has 0 unspecified atom stereocenters. The van der Waals surface area contributed by atoms with E-state index in [-0.39, 0.29) is 5.69 Å². The summed E-state index contributed by atoms with van der Waals surface area (Å²) in [5, 5.41) is 1.97. The number of urea groups is 1. The summed E-state index contributed by atoms with van der Waals surface area (Å²) in [5.41, 5.74) is -0.840. The van der Waals surface area contributed by atoms with E-state index in [1.165, 1.54) is 6.07 Å². The number of nitrogens with one attached hydrogen (secondary N) is 1. The van der Waals surface area contributed by atoms with Gasteiger partial charge in [0.15, 0.2) is 5.92 Å². The van der Waals surface area contributed by atoms with Crippen LogP contribution in [0.3, 0.4) is 0 Å². The number of hydrogen-bond donors (Lipinski definition) is 1. The lowest BCUT2D eigenvalue weighted by Crippen LogP contribution is -2.58. The van der Waals surface area contributed by atoms with Crippen LogP contribution < -0.4 is 10.2 Å². The first-order chi connectivity index (χ1) is 13.2. The highest BCUT2D eigenvalue weighted by molar-refractivity contribution is 14.1. The van der Waals surface area contributed by atoms with E-state index in [0.29, 0.717) is 16.7 Å². The molecule has 6 nitrogen and oxygen atoms in total. The van der Waals surface area contributed by atoms with Gasteiger partial charge in [-0.25, -0.2) is 9.69 Å². The average Bonchev–Trinajstić information content (AvgIpc) is 2.62. The third kappa shape index (κ3) is 4.21. The number of nitrogens with zero attached hydrogens (tertiary/aromatic N) is 2. The molecule has 2 aromatic carbocycles. The number of carbonyl (C=O) groups is 3. The van der Waals surface area contributed by atoms with E-state index in [9.17, 15) is 27.6 Å². The van der Waals surface area contributed by atoms with Crippen LogP contribution in [0.15, 0.2) is 53.5 Å². The zero-order chi connectivity index (χ0) is 20.5. The van der Waals surface area contributed by atoms with Crippen molar-refractivity contribution in [2.24, 2.45) is 10.9 Å². The zero-order valence-corrected chi connectivity index (χ0v) is 16.1. The van der Waals surface area contributed by atoms with E-state index in [2.05, 4.69) is 27.6 Å². The summed E-state index contributed by atoms with van der Waals surface area (Å²) < 4.78 is 39.7. The van der Waals surface area contributed by atoms with E-state index in [0.717, 1.165) is 21.9 Å². The number of amides is 4. The first-order valence-electron chi connectivity index (χ1n) is 7.82. The molecule has 144 valence electrons.